The Hall–Kier alpha value is -3.40. The first-order valence-electron chi connectivity index (χ1n) is 8.29. The lowest BCUT2D eigenvalue weighted by Crippen LogP contribution is -2.12. The molecule has 0 saturated carbocycles. The van der Waals surface area contributed by atoms with Gasteiger partial charge in [0, 0.05) is 11.3 Å². The van der Waals surface area contributed by atoms with Crippen LogP contribution in [0, 0.1) is 13.8 Å². The van der Waals surface area contributed by atoms with Crippen LogP contribution in [0.4, 0.5) is 5.69 Å². The van der Waals surface area contributed by atoms with Crippen molar-refractivity contribution in [3.8, 4) is 5.75 Å². The molecule has 0 aromatic heterocycles. The van der Waals surface area contributed by atoms with Crippen molar-refractivity contribution in [2.45, 2.75) is 13.8 Å². The highest BCUT2D eigenvalue weighted by atomic mass is 16.5. The zero-order valence-electron chi connectivity index (χ0n) is 14.7. The molecule has 0 unspecified atom stereocenters. The number of benzene rings is 3. The molecule has 0 heterocycles. The summed E-state index contributed by atoms with van der Waals surface area (Å²) < 4.78 is 5.40. The Bertz CT molecular complexity index is 931. The summed E-state index contributed by atoms with van der Waals surface area (Å²) in [6, 6.07) is 21.1. The third-order valence-corrected chi connectivity index (χ3v) is 4.10. The predicted octanol–water partition coefficient (Wildman–Crippen LogP) is 4.77. The van der Waals surface area contributed by atoms with Gasteiger partial charge in [-0.05, 0) is 73.5 Å². The number of carbonyl (C=O) groups is 2. The molecule has 0 radical (unpaired) electrons. The minimum Gasteiger partial charge on any atom is -0.423 e. The lowest BCUT2D eigenvalue weighted by Gasteiger charge is -2.08. The molecule has 0 fully saturated rings. The van der Waals surface area contributed by atoms with Crippen LogP contribution in [0.2, 0.25) is 0 Å². The molecule has 0 aliphatic heterocycles. The molecule has 3 aromatic rings. The lowest BCUT2D eigenvalue weighted by molar-refractivity contribution is 0.0734. The average Bonchev–Trinajstić information content (AvgIpc) is 2.66. The summed E-state index contributed by atoms with van der Waals surface area (Å²) in [4.78, 5) is 24.4. The Morgan fingerprint density at radius 2 is 1.46 bits per heavy atom. The van der Waals surface area contributed by atoms with Crippen molar-refractivity contribution in [2.75, 3.05) is 5.32 Å². The number of amides is 1. The van der Waals surface area contributed by atoms with E-state index in [2.05, 4.69) is 5.32 Å². The van der Waals surface area contributed by atoms with E-state index in [4.69, 9.17) is 4.74 Å². The van der Waals surface area contributed by atoms with E-state index in [1.165, 1.54) is 0 Å². The summed E-state index contributed by atoms with van der Waals surface area (Å²) in [6.07, 6.45) is 0. The largest absolute Gasteiger partial charge is 0.423 e. The zero-order chi connectivity index (χ0) is 18.5. The van der Waals surface area contributed by atoms with E-state index < -0.39 is 5.97 Å². The molecular formula is C22H19NO3. The third-order valence-electron chi connectivity index (χ3n) is 4.10. The number of rotatable bonds is 4. The van der Waals surface area contributed by atoms with Crippen LogP contribution in [0.15, 0.2) is 72.8 Å². The van der Waals surface area contributed by atoms with Gasteiger partial charge in [0.1, 0.15) is 5.75 Å². The van der Waals surface area contributed by atoms with Gasteiger partial charge in [0.05, 0.1) is 5.56 Å². The van der Waals surface area contributed by atoms with E-state index in [-0.39, 0.29) is 5.91 Å². The summed E-state index contributed by atoms with van der Waals surface area (Å²) in [5.41, 5.74) is 3.81. The second kappa shape index (κ2) is 7.66. The van der Waals surface area contributed by atoms with Crippen molar-refractivity contribution < 1.29 is 14.3 Å². The minimum absolute atomic E-state index is 0.198. The van der Waals surface area contributed by atoms with Crippen molar-refractivity contribution in [1.29, 1.82) is 0 Å². The first-order valence-corrected chi connectivity index (χ1v) is 8.29. The van der Waals surface area contributed by atoms with Crippen molar-refractivity contribution in [3.63, 3.8) is 0 Å². The van der Waals surface area contributed by atoms with Gasteiger partial charge < -0.3 is 10.1 Å². The van der Waals surface area contributed by atoms with Crippen LogP contribution in [-0.4, -0.2) is 11.9 Å². The molecule has 0 bridgehead atoms. The van der Waals surface area contributed by atoms with Crippen LogP contribution in [0.1, 0.15) is 31.8 Å². The Morgan fingerprint density at radius 1 is 0.769 bits per heavy atom. The lowest BCUT2D eigenvalue weighted by atomic mass is 10.1. The Morgan fingerprint density at radius 3 is 2.12 bits per heavy atom. The molecule has 26 heavy (non-hydrogen) atoms. The van der Waals surface area contributed by atoms with Crippen LogP contribution in [0.5, 0.6) is 5.75 Å². The SMILES string of the molecule is Cc1ccc(OC(=O)c2ccc(NC(=O)c3ccccc3)cc2)cc1C. The van der Waals surface area contributed by atoms with E-state index in [1.807, 2.05) is 32.0 Å². The van der Waals surface area contributed by atoms with Crippen LogP contribution < -0.4 is 10.1 Å². The maximum Gasteiger partial charge on any atom is 0.343 e. The van der Waals surface area contributed by atoms with Gasteiger partial charge in [-0.2, -0.15) is 0 Å². The van der Waals surface area contributed by atoms with Gasteiger partial charge >= 0.3 is 5.97 Å². The first-order chi connectivity index (χ1) is 12.5. The molecule has 0 aliphatic carbocycles. The number of nitrogens with one attached hydrogen (secondary N) is 1. The van der Waals surface area contributed by atoms with Gasteiger partial charge in [0.15, 0.2) is 0 Å². The summed E-state index contributed by atoms with van der Waals surface area (Å²) in [5.74, 6) is -0.121. The molecule has 3 rings (SSSR count). The number of ether oxygens (including phenoxy) is 1. The van der Waals surface area contributed by atoms with E-state index in [0.29, 0.717) is 22.6 Å². The van der Waals surface area contributed by atoms with Crippen molar-refractivity contribution in [3.05, 3.63) is 95.1 Å². The van der Waals surface area contributed by atoms with Crippen molar-refractivity contribution in [1.82, 2.24) is 0 Å². The number of hydrogen-bond donors (Lipinski definition) is 1. The molecule has 3 aromatic carbocycles. The fraction of sp³-hybridized carbons (Fsp3) is 0.0909. The van der Waals surface area contributed by atoms with Gasteiger partial charge in [0.2, 0.25) is 0 Å². The molecule has 1 N–H and O–H groups in total. The van der Waals surface area contributed by atoms with Crippen LogP contribution in [-0.2, 0) is 0 Å². The molecule has 1 amide bonds. The molecular weight excluding hydrogens is 326 g/mol. The van der Waals surface area contributed by atoms with Gasteiger partial charge in [0.25, 0.3) is 5.91 Å². The van der Waals surface area contributed by atoms with E-state index >= 15 is 0 Å². The molecule has 0 spiro atoms. The monoisotopic (exact) mass is 345 g/mol. The van der Waals surface area contributed by atoms with E-state index in [1.54, 1.807) is 54.6 Å². The molecule has 130 valence electrons. The average molecular weight is 345 g/mol. The maximum atomic E-state index is 12.3. The van der Waals surface area contributed by atoms with Crippen molar-refractivity contribution in [2.24, 2.45) is 0 Å². The second-order valence-electron chi connectivity index (χ2n) is 6.03. The highest BCUT2D eigenvalue weighted by molar-refractivity contribution is 6.04. The minimum atomic E-state index is -0.436. The number of hydrogen-bond acceptors (Lipinski definition) is 3. The molecule has 0 atom stereocenters. The highest BCUT2D eigenvalue weighted by Crippen LogP contribution is 2.19. The number of aryl methyl sites for hydroxylation is 2. The normalized spacial score (nSPS) is 10.2. The van der Waals surface area contributed by atoms with E-state index in [0.717, 1.165) is 11.1 Å². The molecule has 0 aliphatic rings. The standard InChI is InChI=1S/C22H19NO3/c1-15-8-13-20(14-16(15)2)26-22(25)18-9-11-19(12-10-18)23-21(24)17-6-4-3-5-7-17/h3-14H,1-2H3,(H,23,24). The van der Waals surface area contributed by atoms with Gasteiger partial charge in [-0.3, -0.25) is 4.79 Å². The second-order valence-corrected chi connectivity index (χ2v) is 6.03. The summed E-state index contributed by atoms with van der Waals surface area (Å²) >= 11 is 0. The first kappa shape index (κ1) is 17.4. The fourth-order valence-electron chi connectivity index (χ4n) is 2.43. The summed E-state index contributed by atoms with van der Waals surface area (Å²) in [7, 11) is 0. The smallest absolute Gasteiger partial charge is 0.343 e. The number of carbonyl (C=O) groups excluding carboxylic acids is 2. The molecule has 0 saturated heterocycles. The van der Waals surface area contributed by atoms with E-state index in [9.17, 15) is 9.59 Å². The number of anilines is 1. The van der Waals surface area contributed by atoms with Crippen molar-refractivity contribution >= 4 is 17.6 Å². The van der Waals surface area contributed by atoms with Gasteiger partial charge in [-0.25, -0.2) is 4.79 Å². The third kappa shape index (κ3) is 4.16. The quantitative estimate of drug-likeness (QED) is 0.547. The fourth-order valence-corrected chi connectivity index (χ4v) is 2.43. The molecule has 4 heteroatoms. The number of esters is 1. The van der Waals surface area contributed by atoms with Crippen LogP contribution in [0.25, 0.3) is 0 Å². The van der Waals surface area contributed by atoms with Gasteiger partial charge in [-0.1, -0.05) is 24.3 Å². The molecule has 4 nitrogen and oxygen atoms in total. The Labute approximate surface area is 152 Å². The summed E-state index contributed by atoms with van der Waals surface area (Å²) in [6.45, 7) is 3.97. The summed E-state index contributed by atoms with van der Waals surface area (Å²) in [5, 5.41) is 2.80. The van der Waals surface area contributed by atoms with Gasteiger partial charge in [-0.15, -0.1) is 0 Å². The topological polar surface area (TPSA) is 55.4 Å². The maximum absolute atomic E-state index is 12.3. The zero-order valence-corrected chi connectivity index (χ0v) is 14.7. The van der Waals surface area contributed by atoms with Crippen LogP contribution in [0.3, 0.4) is 0 Å². The Balaban J connectivity index is 1.66. The Kier molecular flexibility index (Phi) is 5.13. The van der Waals surface area contributed by atoms with Crippen LogP contribution >= 0.6 is 0 Å². The predicted molar refractivity (Wildman–Crippen MR) is 102 cm³/mol. The highest BCUT2D eigenvalue weighted by Gasteiger charge is 2.10.